The van der Waals surface area contributed by atoms with Crippen LogP contribution in [-0.4, -0.2) is 44.0 Å². The van der Waals surface area contributed by atoms with E-state index < -0.39 is 0 Å². The fourth-order valence-electron chi connectivity index (χ4n) is 1.94. The van der Waals surface area contributed by atoms with Gasteiger partial charge in [0.2, 0.25) is 5.91 Å². The van der Waals surface area contributed by atoms with Crippen molar-refractivity contribution in [1.29, 1.82) is 0 Å². The third kappa shape index (κ3) is 8.48. The second-order valence-electron chi connectivity index (χ2n) is 5.39. The molecule has 0 heterocycles. The summed E-state index contributed by atoms with van der Waals surface area (Å²) in [7, 11) is 4.05. The van der Waals surface area contributed by atoms with E-state index >= 15 is 0 Å². The third-order valence-electron chi connectivity index (χ3n) is 3.53. The van der Waals surface area contributed by atoms with Gasteiger partial charge in [0.15, 0.2) is 0 Å². The summed E-state index contributed by atoms with van der Waals surface area (Å²) in [6, 6.07) is 0.379. The van der Waals surface area contributed by atoms with E-state index in [1.54, 1.807) is 0 Å². The van der Waals surface area contributed by atoms with E-state index in [-0.39, 0.29) is 5.91 Å². The topological polar surface area (TPSA) is 58.4 Å². The molecule has 0 saturated carbocycles. The monoisotopic (exact) mass is 257 g/mol. The molecule has 0 aromatic carbocycles. The van der Waals surface area contributed by atoms with Crippen molar-refractivity contribution >= 4 is 5.91 Å². The maximum atomic E-state index is 11.7. The molecule has 108 valence electrons. The van der Waals surface area contributed by atoms with Gasteiger partial charge in [-0.3, -0.25) is 4.79 Å². The third-order valence-corrected chi connectivity index (χ3v) is 3.53. The number of rotatable bonds is 10. The largest absolute Gasteiger partial charge is 0.355 e. The first-order valence-corrected chi connectivity index (χ1v) is 7.14. The second-order valence-corrected chi connectivity index (χ2v) is 5.39. The van der Waals surface area contributed by atoms with Gasteiger partial charge < -0.3 is 16.0 Å². The first-order valence-electron chi connectivity index (χ1n) is 7.14. The number of hydrogen-bond donors (Lipinski definition) is 2. The summed E-state index contributed by atoms with van der Waals surface area (Å²) in [4.78, 5) is 13.8. The van der Waals surface area contributed by atoms with Gasteiger partial charge in [0.05, 0.1) is 0 Å². The fraction of sp³-hybridized carbons (Fsp3) is 0.929. The van der Waals surface area contributed by atoms with Crippen LogP contribution in [-0.2, 0) is 4.79 Å². The zero-order chi connectivity index (χ0) is 14.0. The average molecular weight is 257 g/mol. The molecular formula is C14H31N3O. The van der Waals surface area contributed by atoms with Gasteiger partial charge in [0.25, 0.3) is 0 Å². The minimum absolute atomic E-state index is 0.168. The molecule has 4 nitrogen and oxygen atoms in total. The first kappa shape index (κ1) is 17.4. The van der Waals surface area contributed by atoms with E-state index in [2.05, 4.69) is 24.1 Å². The number of hydrogen-bond acceptors (Lipinski definition) is 3. The van der Waals surface area contributed by atoms with Crippen LogP contribution in [0, 0.1) is 5.92 Å². The number of likely N-dealkylation sites (N-methyl/N-ethyl adjacent to an activating group) is 1. The van der Waals surface area contributed by atoms with Gasteiger partial charge in [-0.2, -0.15) is 0 Å². The highest BCUT2D eigenvalue weighted by Gasteiger charge is 2.11. The van der Waals surface area contributed by atoms with E-state index in [9.17, 15) is 4.79 Å². The van der Waals surface area contributed by atoms with Crippen molar-refractivity contribution in [2.45, 2.75) is 52.0 Å². The first-order chi connectivity index (χ1) is 8.51. The van der Waals surface area contributed by atoms with Crippen molar-refractivity contribution < 1.29 is 4.79 Å². The van der Waals surface area contributed by atoms with Crippen molar-refractivity contribution in [3.63, 3.8) is 0 Å². The molecule has 0 aliphatic carbocycles. The predicted octanol–water partition coefficient (Wildman–Crippen LogP) is 1.60. The highest BCUT2D eigenvalue weighted by atomic mass is 16.1. The smallest absolute Gasteiger partial charge is 0.220 e. The van der Waals surface area contributed by atoms with Crippen LogP contribution in [0.4, 0.5) is 0 Å². The summed E-state index contributed by atoms with van der Waals surface area (Å²) in [5, 5.41) is 2.99. The van der Waals surface area contributed by atoms with Crippen LogP contribution in [0.25, 0.3) is 0 Å². The van der Waals surface area contributed by atoms with Crippen LogP contribution in [0.15, 0.2) is 0 Å². The Hall–Kier alpha value is -0.610. The van der Waals surface area contributed by atoms with Gasteiger partial charge in [-0.05, 0) is 46.3 Å². The molecule has 18 heavy (non-hydrogen) atoms. The highest BCUT2D eigenvalue weighted by Crippen LogP contribution is 2.16. The van der Waals surface area contributed by atoms with Crippen LogP contribution < -0.4 is 11.1 Å². The Morgan fingerprint density at radius 3 is 2.44 bits per heavy atom. The van der Waals surface area contributed by atoms with Crippen LogP contribution in [0.3, 0.4) is 0 Å². The molecule has 3 N–H and O–H groups in total. The van der Waals surface area contributed by atoms with Crippen LogP contribution in [0.5, 0.6) is 0 Å². The van der Waals surface area contributed by atoms with E-state index in [1.165, 1.54) is 12.8 Å². The van der Waals surface area contributed by atoms with Crippen molar-refractivity contribution in [1.82, 2.24) is 10.2 Å². The standard InChI is InChI=1S/C14H31N3O/c1-5-6-13(9-10-15)7-8-14(18)16-11-12(2)17(3)4/h12-13H,5-11,15H2,1-4H3,(H,16,18). The van der Waals surface area contributed by atoms with Crippen molar-refractivity contribution in [2.75, 3.05) is 27.2 Å². The summed E-state index contributed by atoms with van der Waals surface area (Å²) in [6.07, 6.45) is 4.98. The molecule has 2 unspecified atom stereocenters. The number of nitrogens with one attached hydrogen (secondary N) is 1. The zero-order valence-corrected chi connectivity index (χ0v) is 12.5. The van der Waals surface area contributed by atoms with Gasteiger partial charge >= 0.3 is 0 Å². The molecule has 0 fully saturated rings. The van der Waals surface area contributed by atoms with Crippen LogP contribution >= 0.6 is 0 Å². The van der Waals surface area contributed by atoms with E-state index in [0.717, 1.165) is 25.9 Å². The summed E-state index contributed by atoms with van der Waals surface area (Å²) in [5.41, 5.74) is 5.59. The Morgan fingerprint density at radius 2 is 1.94 bits per heavy atom. The second kappa shape index (κ2) is 10.3. The summed E-state index contributed by atoms with van der Waals surface area (Å²) in [5.74, 6) is 0.777. The lowest BCUT2D eigenvalue weighted by atomic mass is 9.94. The molecule has 0 bridgehead atoms. The van der Waals surface area contributed by atoms with E-state index in [1.807, 2.05) is 14.1 Å². The minimum atomic E-state index is 0.168. The molecule has 0 saturated heterocycles. The normalized spacial score (nSPS) is 14.6. The number of nitrogens with two attached hydrogens (primary N) is 1. The van der Waals surface area contributed by atoms with Crippen molar-refractivity contribution in [2.24, 2.45) is 11.7 Å². The lowest BCUT2D eigenvalue weighted by Crippen LogP contribution is -2.38. The van der Waals surface area contributed by atoms with Crippen LogP contribution in [0.2, 0.25) is 0 Å². The Kier molecular flexibility index (Phi) is 9.98. The van der Waals surface area contributed by atoms with Crippen LogP contribution in [0.1, 0.15) is 46.0 Å². The Bertz CT molecular complexity index is 213. The fourth-order valence-corrected chi connectivity index (χ4v) is 1.94. The lowest BCUT2D eigenvalue weighted by molar-refractivity contribution is -0.121. The molecule has 4 heteroatoms. The van der Waals surface area contributed by atoms with Gasteiger partial charge in [-0.15, -0.1) is 0 Å². The van der Waals surface area contributed by atoms with Gasteiger partial charge in [-0.25, -0.2) is 0 Å². The highest BCUT2D eigenvalue weighted by molar-refractivity contribution is 5.75. The van der Waals surface area contributed by atoms with Gasteiger partial charge in [-0.1, -0.05) is 19.8 Å². The zero-order valence-electron chi connectivity index (χ0n) is 12.5. The average Bonchev–Trinajstić information content (AvgIpc) is 2.33. The molecular weight excluding hydrogens is 226 g/mol. The molecule has 2 atom stereocenters. The Labute approximate surface area is 112 Å². The number of nitrogens with zero attached hydrogens (tertiary/aromatic N) is 1. The van der Waals surface area contributed by atoms with Gasteiger partial charge in [0, 0.05) is 19.0 Å². The lowest BCUT2D eigenvalue weighted by Gasteiger charge is -2.20. The minimum Gasteiger partial charge on any atom is -0.355 e. The quantitative estimate of drug-likeness (QED) is 0.625. The molecule has 0 aliphatic heterocycles. The molecule has 0 rings (SSSR count). The maximum absolute atomic E-state index is 11.7. The maximum Gasteiger partial charge on any atom is 0.220 e. The molecule has 0 spiro atoms. The molecule has 0 aromatic rings. The SMILES string of the molecule is CCCC(CCN)CCC(=O)NCC(C)N(C)C. The molecule has 0 radical (unpaired) electrons. The van der Waals surface area contributed by atoms with E-state index in [4.69, 9.17) is 5.73 Å². The summed E-state index contributed by atoms with van der Waals surface area (Å²) >= 11 is 0. The Morgan fingerprint density at radius 1 is 1.28 bits per heavy atom. The van der Waals surface area contributed by atoms with Gasteiger partial charge in [0.1, 0.15) is 0 Å². The van der Waals surface area contributed by atoms with Crippen molar-refractivity contribution in [3.8, 4) is 0 Å². The number of carbonyl (C=O) groups excluding carboxylic acids is 1. The number of amides is 1. The molecule has 0 aliphatic rings. The van der Waals surface area contributed by atoms with E-state index in [0.29, 0.717) is 18.4 Å². The Balaban J connectivity index is 3.79. The molecule has 1 amide bonds. The van der Waals surface area contributed by atoms with Crippen molar-refractivity contribution in [3.05, 3.63) is 0 Å². The number of carbonyl (C=O) groups is 1. The molecule has 0 aromatic heterocycles. The summed E-state index contributed by atoms with van der Waals surface area (Å²) < 4.78 is 0. The predicted molar refractivity (Wildman–Crippen MR) is 77.5 cm³/mol. The summed E-state index contributed by atoms with van der Waals surface area (Å²) in [6.45, 7) is 5.74.